The van der Waals surface area contributed by atoms with Gasteiger partial charge in [0.2, 0.25) is 7.98 Å². The molecule has 0 atom stereocenters. The zero-order valence-electron chi connectivity index (χ0n) is 7.96. The first-order valence-corrected chi connectivity index (χ1v) is 4.01. The van der Waals surface area contributed by atoms with Crippen LogP contribution in [-0.2, 0) is 21.1 Å². The van der Waals surface area contributed by atoms with Crippen molar-refractivity contribution in [3.05, 3.63) is 36.2 Å². The molecule has 14 heavy (non-hydrogen) atoms. The van der Waals surface area contributed by atoms with Crippen LogP contribution < -0.4 is 5.23 Å². The molecule has 0 saturated heterocycles. The molecule has 1 rings (SSSR count). The van der Waals surface area contributed by atoms with Crippen LogP contribution in [0.25, 0.3) is 0 Å². The molecule has 0 saturated carbocycles. The van der Waals surface area contributed by atoms with Gasteiger partial charge in [0.1, 0.15) is 0 Å². The summed E-state index contributed by atoms with van der Waals surface area (Å²) in [5, 5.41) is 2.46. The summed E-state index contributed by atoms with van der Waals surface area (Å²) in [5.41, 5.74) is 1.99. The molecule has 1 aromatic carbocycles. The molecule has 0 amide bonds. The number of benzene rings is 1. The van der Waals surface area contributed by atoms with Gasteiger partial charge < -0.3 is 16.9 Å². The van der Waals surface area contributed by atoms with Gasteiger partial charge >= 0.3 is 21.1 Å². The van der Waals surface area contributed by atoms with E-state index in [-0.39, 0.29) is 33.3 Å². The van der Waals surface area contributed by atoms with Crippen LogP contribution >= 0.6 is 0 Å². The number of carbonyl (C=O) groups is 1. The third-order valence-electron chi connectivity index (χ3n) is 1.75. The van der Waals surface area contributed by atoms with Crippen molar-refractivity contribution in [3.63, 3.8) is 0 Å². The molecule has 0 aliphatic rings. The molecule has 70 valence electrons. The number of aryl methyl sites for hydroxylation is 1. The summed E-state index contributed by atoms with van der Waals surface area (Å²) in [6, 6.07) is 6.55. The van der Waals surface area contributed by atoms with E-state index in [1.165, 1.54) is 0 Å². The van der Waals surface area contributed by atoms with Gasteiger partial charge in [-0.25, -0.2) is 0 Å². The quantitative estimate of drug-likeness (QED) is 0.508. The summed E-state index contributed by atoms with van der Waals surface area (Å²) in [6.45, 7) is 5.40. The van der Waals surface area contributed by atoms with E-state index in [9.17, 15) is 4.79 Å². The van der Waals surface area contributed by atoms with Crippen LogP contribution in [0.2, 0.25) is 0 Å². The molecule has 2 nitrogen and oxygen atoms in total. The van der Waals surface area contributed by atoms with E-state index in [4.69, 9.17) is 7.98 Å². The van der Waals surface area contributed by atoms with E-state index < -0.39 is 0 Å². The second kappa shape index (κ2) is 6.03. The minimum absolute atomic E-state index is 0. The Morgan fingerprint density at radius 3 is 2.79 bits per heavy atom. The van der Waals surface area contributed by atoms with Gasteiger partial charge in [-0.15, -0.1) is 23.8 Å². The minimum atomic E-state index is -0.0587. The molecular formula is C10H10BNOW. The Kier molecular flexibility index (Phi) is 5.79. The van der Waals surface area contributed by atoms with Crippen LogP contribution in [0.3, 0.4) is 0 Å². The number of rotatable bonds is 3. The van der Waals surface area contributed by atoms with E-state index in [1.807, 2.05) is 13.0 Å². The van der Waals surface area contributed by atoms with Gasteiger partial charge in [0.25, 0.3) is 0 Å². The number of nitrogens with one attached hydrogen (secondary N) is 1. The minimum Gasteiger partial charge on any atom is -0.478 e. The van der Waals surface area contributed by atoms with Crippen LogP contribution in [0, 0.1) is 19.9 Å². The monoisotopic (exact) mass is 355 g/mol. The van der Waals surface area contributed by atoms with E-state index in [0.29, 0.717) is 11.3 Å². The Bertz CT molecular complexity index is 328. The maximum Gasteiger partial charge on any atom is 2.00 e. The van der Waals surface area contributed by atoms with Crippen LogP contribution in [0.1, 0.15) is 22.3 Å². The summed E-state index contributed by atoms with van der Waals surface area (Å²) in [4.78, 5) is 11.4. The maximum absolute atomic E-state index is 11.4. The summed E-state index contributed by atoms with van der Waals surface area (Å²) in [6.07, 6.45) is 0.217. The van der Waals surface area contributed by atoms with Crippen molar-refractivity contribution in [3.8, 4) is 0 Å². The largest absolute Gasteiger partial charge is 2.00 e. The topological polar surface area (TPSA) is 29.1 Å². The van der Waals surface area contributed by atoms with Crippen LogP contribution in [0.5, 0.6) is 0 Å². The predicted molar refractivity (Wildman–Crippen MR) is 53.7 cm³/mol. The normalized spacial score (nSPS) is 9.00. The number of Topliss-reactive ketones (excluding diaryl/α,β-unsaturated/α-hetero) is 1. The fourth-order valence-corrected chi connectivity index (χ4v) is 1.06. The number of anilines is 1. The Morgan fingerprint density at radius 1 is 1.64 bits per heavy atom. The molecule has 0 spiro atoms. The number of carbonyl (C=O) groups excluding carboxylic acids is 1. The molecule has 0 unspecified atom stereocenters. The van der Waals surface area contributed by atoms with Crippen LogP contribution in [0.4, 0.5) is 5.69 Å². The van der Waals surface area contributed by atoms with Crippen molar-refractivity contribution >= 4 is 19.5 Å². The van der Waals surface area contributed by atoms with E-state index in [1.54, 1.807) is 6.07 Å². The zero-order chi connectivity index (χ0) is 9.84. The van der Waals surface area contributed by atoms with Crippen molar-refractivity contribution in [1.82, 2.24) is 0 Å². The molecule has 1 N–H and O–H groups in total. The van der Waals surface area contributed by atoms with Gasteiger partial charge in [0, 0.05) is 0 Å². The average Bonchev–Trinajstić information content (AvgIpc) is 2.16. The van der Waals surface area contributed by atoms with Gasteiger partial charge in [-0.2, -0.15) is 6.42 Å². The molecular weight excluding hydrogens is 345 g/mol. The summed E-state index contributed by atoms with van der Waals surface area (Å²) >= 11 is 0. The van der Waals surface area contributed by atoms with E-state index >= 15 is 0 Å². The van der Waals surface area contributed by atoms with Gasteiger partial charge in [-0.3, -0.25) is 0 Å². The number of hydrogen-bond acceptors (Lipinski definition) is 2. The fourth-order valence-electron chi connectivity index (χ4n) is 1.06. The standard InChI is InChI=1S/C10H10BNO.W/c1-3-10(13)8-6-7(2)4-5-9(8)12-11;/h4-5,12H,1,3H2,2H3;/q-2;+2. The Morgan fingerprint density at radius 2 is 2.29 bits per heavy atom. The Hall–Kier alpha value is -0.557. The van der Waals surface area contributed by atoms with Crippen LogP contribution in [0.15, 0.2) is 12.1 Å². The maximum atomic E-state index is 11.4. The van der Waals surface area contributed by atoms with Crippen molar-refractivity contribution in [2.75, 3.05) is 5.23 Å². The third-order valence-corrected chi connectivity index (χ3v) is 1.75. The van der Waals surface area contributed by atoms with Crippen molar-refractivity contribution in [1.29, 1.82) is 0 Å². The molecule has 0 fully saturated rings. The predicted octanol–water partition coefficient (Wildman–Crippen LogP) is 1.70. The molecule has 0 aliphatic carbocycles. The van der Waals surface area contributed by atoms with Crippen molar-refractivity contribution in [2.24, 2.45) is 0 Å². The van der Waals surface area contributed by atoms with Crippen LogP contribution in [-0.4, -0.2) is 13.8 Å². The molecule has 4 heteroatoms. The first kappa shape index (κ1) is 13.4. The van der Waals surface area contributed by atoms with Gasteiger partial charge in [0.05, 0.1) is 5.78 Å². The van der Waals surface area contributed by atoms with Gasteiger partial charge in [-0.1, -0.05) is 18.2 Å². The smallest absolute Gasteiger partial charge is 0.478 e. The fraction of sp³-hybridized carbons (Fsp3) is 0.200. The second-order valence-electron chi connectivity index (χ2n) is 2.75. The second-order valence-corrected chi connectivity index (χ2v) is 2.75. The van der Waals surface area contributed by atoms with Gasteiger partial charge in [-0.05, 0) is 0 Å². The first-order valence-electron chi connectivity index (χ1n) is 4.01. The summed E-state index contributed by atoms with van der Waals surface area (Å²) in [5.74, 6) is -0.0587. The van der Waals surface area contributed by atoms with Gasteiger partial charge in [0.15, 0.2) is 0 Å². The van der Waals surface area contributed by atoms with Crippen molar-refractivity contribution in [2.45, 2.75) is 13.3 Å². The summed E-state index contributed by atoms with van der Waals surface area (Å²) < 4.78 is 0. The molecule has 1 aromatic rings. The van der Waals surface area contributed by atoms with E-state index in [0.717, 1.165) is 5.56 Å². The number of hydrogen-bond donors (Lipinski definition) is 1. The van der Waals surface area contributed by atoms with Crippen molar-refractivity contribution < 1.29 is 25.9 Å². The molecule has 0 heterocycles. The summed E-state index contributed by atoms with van der Waals surface area (Å²) in [7, 11) is 5.25. The first-order chi connectivity index (χ1) is 6.19. The zero-order valence-corrected chi connectivity index (χ0v) is 10.9. The molecule has 0 bridgehead atoms. The number of ketones is 1. The van der Waals surface area contributed by atoms with E-state index in [2.05, 4.69) is 18.2 Å². The molecule has 0 aliphatic heterocycles. The Balaban J connectivity index is 0.00000169. The molecule has 0 aromatic heterocycles. The Labute approximate surface area is 100 Å². The SMILES string of the molecule is [B]Nc1ccc(C)[c-]c1C(=O)C[CH2-].[W+2]. The average molecular weight is 355 g/mol. The third kappa shape index (κ3) is 2.99. The molecule has 2 radical (unpaired) electrons.